The van der Waals surface area contributed by atoms with Gasteiger partial charge in [0.05, 0.1) is 18.1 Å². The average Bonchev–Trinajstić information content (AvgIpc) is 2.98. The summed E-state index contributed by atoms with van der Waals surface area (Å²) in [7, 11) is 0. The van der Waals surface area contributed by atoms with Gasteiger partial charge in [0.1, 0.15) is 0 Å². The number of pyridine rings is 1. The van der Waals surface area contributed by atoms with Gasteiger partial charge in [-0.2, -0.15) is 0 Å². The zero-order valence-corrected chi connectivity index (χ0v) is 11.3. The molecule has 0 bridgehead atoms. The van der Waals surface area contributed by atoms with Crippen LogP contribution in [0, 0.1) is 0 Å². The van der Waals surface area contributed by atoms with Crippen LogP contribution in [0.4, 0.5) is 0 Å². The fraction of sp³-hybridized carbons (Fsp3) is 0.467. The van der Waals surface area contributed by atoms with Crippen molar-refractivity contribution in [3.8, 4) is 0 Å². The molecule has 0 aliphatic carbocycles. The molecule has 1 N–H and O–H groups in total. The second kappa shape index (κ2) is 5.53. The molecule has 2 unspecified atom stereocenters. The Labute approximate surface area is 113 Å². The number of nitrogens with zero attached hydrogens (tertiary/aromatic N) is 3. The summed E-state index contributed by atoms with van der Waals surface area (Å²) >= 11 is 0. The van der Waals surface area contributed by atoms with Crippen LogP contribution in [-0.4, -0.2) is 27.6 Å². The summed E-state index contributed by atoms with van der Waals surface area (Å²) in [6.07, 6.45) is 8.28. The van der Waals surface area contributed by atoms with E-state index in [4.69, 9.17) is 0 Å². The number of aromatic nitrogens is 3. The van der Waals surface area contributed by atoms with Crippen LogP contribution in [0.5, 0.6) is 0 Å². The first kappa shape index (κ1) is 12.4. The molecule has 4 heteroatoms. The largest absolute Gasteiger partial charge is 0.325 e. The zero-order chi connectivity index (χ0) is 13.1. The maximum absolute atomic E-state index is 4.46. The first-order chi connectivity index (χ1) is 9.36. The molecule has 0 aromatic carbocycles. The SMILES string of the molecule is CC(c1ccccn1)n1cncc1C1CCCNC1. The van der Waals surface area contributed by atoms with Crippen LogP contribution in [0.2, 0.25) is 0 Å². The van der Waals surface area contributed by atoms with E-state index in [1.807, 2.05) is 30.9 Å². The van der Waals surface area contributed by atoms with Gasteiger partial charge >= 0.3 is 0 Å². The van der Waals surface area contributed by atoms with Crippen LogP contribution < -0.4 is 5.32 Å². The quantitative estimate of drug-likeness (QED) is 0.916. The van der Waals surface area contributed by atoms with Gasteiger partial charge in [-0.05, 0) is 38.4 Å². The molecular weight excluding hydrogens is 236 g/mol. The van der Waals surface area contributed by atoms with Gasteiger partial charge in [-0.3, -0.25) is 4.98 Å². The second-order valence-electron chi connectivity index (χ2n) is 5.20. The summed E-state index contributed by atoms with van der Waals surface area (Å²) < 4.78 is 2.26. The number of hydrogen-bond donors (Lipinski definition) is 1. The van der Waals surface area contributed by atoms with Crippen molar-refractivity contribution in [2.45, 2.75) is 31.7 Å². The molecular formula is C15H20N4. The monoisotopic (exact) mass is 256 g/mol. The Morgan fingerprint density at radius 1 is 1.42 bits per heavy atom. The third-order valence-corrected chi connectivity index (χ3v) is 3.94. The van der Waals surface area contributed by atoms with Gasteiger partial charge in [-0.25, -0.2) is 4.98 Å². The van der Waals surface area contributed by atoms with Crippen molar-refractivity contribution in [2.24, 2.45) is 0 Å². The lowest BCUT2D eigenvalue weighted by atomic mass is 9.96. The Hall–Kier alpha value is -1.68. The molecule has 0 spiro atoms. The number of nitrogens with one attached hydrogen (secondary N) is 1. The predicted octanol–water partition coefficient (Wildman–Crippen LogP) is 2.35. The number of imidazole rings is 1. The smallest absolute Gasteiger partial charge is 0.0954 e. The number of hydrogen-bond acceptors (Lipinski definition) is 3. The standard InChI is InChI=1S/C15H20N4/c1-12(14-6-2-3-8-18-14)19-11-17-10-15(19)13-5-4-7-16-9-13/h2-3,6,8,10-13,16H,4-5,7,9H2,1H3. The van der Waals surface area contributed by atoms with Gasteiger partial charge in [0.15, 0.2) is 0 Å². The van der Waals surface area contributed by atoms with E-state index in [0.29, 0.717) is 5.92 Å². The maximum atomic E-state index is 4.46. The molecule has 0 saturated carbocycles. The van der Waals surface area contributed by atoms with E-state index < -0.39 is 0 Å². The van der Waals surface area contributed by atoms with Crippen molar-refractivity contribution in [1.82, 2.24) is 19.9 Å². The Morgan fingerprint density at radius 3 is 3.11 bits per heavy atom. The molecule has 0 amide bonds. The summed E-state index contributed by atoms with van der Waals surface area (Å²) in [5, 5.41) is 3.47. The first-order valence-electron chi connectivity index (χ1n) is 6.99. The van der Waals surface area contributed by atoms with E-state index in [1.165, 1.54) is 18.5 Å². The Morgan fingerprint density at radius 2 is 2.37 bits per heavy atom. The van der Waals surface area contributed by atoms with Gasteiger partial charge in [0, 0.05) is 30.6 Å². The van der Waals surface area contributed by atoms with Crippen LogP contribution in [-0.2, 0) is 0 Å². The molecule has 100 valence electrons. The fourth-order valence-electron chi connectivity index (χ4n) is 2.82. The Bertz CT molecular complexity index is 514. The highest BCUT2D eigenvalue weighted by Gasteiger charge is 2.21. The van der Waals surface area contributed by atoms with Crippen molar-refractivity contribution in [3.63, 3.8) is 0 Å². The summed E-state index contributed by atoms with van der Waals surface area (Å²) in [4.78, 5) is 8.81. The highest BCUT2D eigenvalue weighted by molar-refractivity contribution is 5.15. The lowest BCUT2D eigenvalue weighted by Crippen LogP contribution is -2.30. The van der Waals surface area contributed by atoms with Crippen LogP contribution in [0.1, 0.15) is 43.1 Å². The molecule has 2 aromatic rings. The van der Waals surface area contributed by atoms with Crippen LogP contribution >= 0.6 is 0 Å². The van der Waals surface area contributed by atoms with E-state index in [-0.39, 0.29) is 6.04 Å². The second-order valence-corrected chi connectivity index (χ2v) is 5.20. The molecule has 2 atom stereocenters. The zero-order valence-electron chi connectivity index (χ0n) is 11.3. The van der Waals surface area contributed by atoms with Gasteiger partial charge < -0.3 is 9.88 Å². The minimum Gasteiger partial charge on any atom is -0.325 e. The normalized spacial score (nSPS) is 21.2. The van der Waals surface area contributed by atoms with Gasteiger partial charge in [0.2, 0.25) is 0 Å². The summed E-state index contributed by atoms with van der Waals surface area (Å²) in [5.74, 6) is 0.572. The van der Waals surface area contributed by atoms with Crippen LogP contribution in [0.15, 0.2) is 36.9 Å². The molecule has 2 aromatic heterocycles. The van der Waals surface area contributed by atoms with Crippen molar-refractivity contribution in [3.05, 3.63) is 48.3 Å². The number of rotatable bonds is 3. The lowest BCUT2D eigenvalue weighted by molar-refractivity contribution is 0.434. The van der Waals surface area contributed by atoms with Crippen molar-refractivity contribution in [1.29, 1.82) is 0 Å². The van der Waals surface area contributed by atoms with E-state index in [9.17, 15) is 0 Å². The molecule has 1 aliphatic rings. The molecule has 3 heterocycles. The van der Waals surface area contributed by atoms with E-state index >= 15 is 0 Å². The Kier molecular flexibility index (Phi) is 3.60. The molecule has 1 aliphatic heterocycles. The topological polar surface area (TPSA) is 42.7 Å². The van der Waals surface area contributed by atoms with Crippen molar-refractivity contribution >= 4 is 0 Å². The van der Waals surface area contributed by atoms with Crippen LogP contribution in [0.25, 0.3) is 0 Å². The van der Waals surface area contributed by atoms with E-state index in [0.717, 1.165) is 18.8 Å². The molecule has 0 radical (unpaired) electrons. The number of piperidine rings is 1. The maximum Gasteiger partial charge on any atom is 0.0954 e. The Balaban J connectivity index is 1.87. The van der Waals surface area contributed by atoms with Crippen molar-refractivity contribution in [2.75, 3.05) is 13.1 Å². The fourth-order valence-corrected chi connectivity index (χ4v) is 2.82. The molecule has 3 rings (SSSR count). The lowest BCUT2D eigenvalue weighted by Gasteiger charge is -2.25. The predicted molar refractivity (Wildman–Crippen MR) is 75.1 cm³/mol. The van der Waals surface area contributed by atoms with E-state index in [1.54, 1.807) is 0 Å². The van der Waals surface area contributed by atoms with Crippen LogP contribution in [0.3, 0.4) is 0 Å². The molecule has 1 fully saturated rings. The summed E-state index contributed by atoms with van der Waals surface area (Å²) in [6.45, 7) is 4.38. The summed E-state index contributed by atoms with van der Waals surface area (Å²) in [6, 6.07) is 6.31. The van der Waals surface area contributed by atoms with Gasteiger partial charge in [0.25, 0.3) is 0 Å². The highest BCUT2D eigenvalue weighted by atomic mass is 15.1. The summed E-state index contributed by atoms with van der Waals surface area (Å²) in [5.41, 5.74) is 2.41. The molecule has 1 saturated heterocycles. The molecule has 4 nitrogen and oxygen atoms in total. The third kappa shape index (κ3) is 2.54. The van der Waals surface area contributed by atoms with Gasteiger partial charge in [-0.1, -0.05) is 6.07 Å². The minimum atomic E-state index is 0.237. The van der Waals surface area contributed by atoms with Crippen molar-refractivity contribution < 1.29 is 0 Å². The van der Waals surface area contributed by atoms with E-state index in [2.05, 4.69) is 32.8 Å². The average molecular weight is 256 g/mol. The molecule has 19 heavy (non-hydrogen) atoms. The third-order valence-electron chi connectivity index (χ3n) is 3.94. The minimum absolute atomic E-state index is 0.237. The first-order valence-corrected chi connectivity index (χ1v) is 6.99. The van der Waals surface area contributed by atoms with Gasteiger partial charge in [-0.15, -0.1) is 0 Å². The highest BCUT2D eigenvalue weighted by Crippen LogP contribution is 2.27.